The molecular formula is C16H25N3O3. The van der Waals surface area contributed by atoms with E-state index in [1.54, 1.807) is 20.0 Å². The number of carboxylic acid groups (broad SMARTS) is 1. The molecule has 0 spiro atoms. The molecule has 0 aromatic carbocycles. The van der Waals surface area contributed by atoms with Gasteiger partial charge in [-0.2, -0.15) is 5.10 Å². The zero-order valence-corrected chi connectivity index (χ0v) is 13.6. The normalized spacial score (nSPS) is 18.0. The Bertz CT molecular complexity index is 557. The molecule has 0 radical (unpaired) electrons. The van der Waals surface area contributed by atoms with Crippen molar-refractivity contribution in [2.75, 3.05) is 5.32 Å². The minimum absolute atomic E-state index is 0.0300. The van der Waals surface area contributed by atoms with E-state index >= 15 is 0 Å². The third-order valence-electron chi connectivity index (χ3n) is 4.91. The maximum atomic E-state index is 12.6. The number of rotatable bonds is 5. The average Bonchev–Trinajstić information content (AvgIpc) is 2.97. The maximum absolute atomic E-state index is 12.6. The molecule has 1 aliphatic carbocycles. The molecule has 1 aromatic rings. The molecule has 0 unspecified atom stereocenters. The quantitative estimate of drug-likeness (QED) is 0.875. The zero-order chi connectivity index (χ0) is 16.4. The van der Waals surface area contributed by atoms with Gasteiger partial charge in [-0.25, -0.2) is 4.79 Å². The van der Waals surface area contributed by atoms with E-state index in [0.717, 1.165) is 32.1 Å². The third-order valence-corrected chi connectivity index (χ3v) is 4.91. The lowest BCUT2D eigenvalue weighted by molar-refractivity contribution is -0.146. The lowest BCUT2D eigenvalue weighted by atomic mass is 9.71. The van der Waals surface area contributed by atoms with Gasteiger partial charge in [0.1, 0.15) is 0 Å². The molecule has 0 atom stereocenters. The predicted molar refractivity (Wildman–Crippen MR) is 83.6 cm³/mol. The molecule has 2 rings (SSSR count). The molecule has 1 aromatic heterocycles. The first-order valence-electron chi connectivity index (χ1n) is 7.92. The van der Waals surface area contributed by atoms with Crippen molar-refractivity contribution in [3.8, 4) is 0 Å². The monoisotopic (exact) mass is 307 g/mol. The standard InChI is InChI=1S/C16H25N3O3/c1-4-16(8-6-5-7-9-16)13(20)18-12-10-17-19(11-12)15(2,3)14(21)22/h10-11H,4-9H2,1-3H3,(H,18,20)(H,21,22). The number of carboxylic acids is 1. The van der Waals surface area contributed by atoms with E-state index < -0.39 is 11.5 Å². The van der Waals surface area contributed by atoms with Crippen molar-refractivity contribution in [2.24, 2.45) is 5.41 Å². The highest BCUT2D eigenvalue weighted by atomic mass is 16.4. The number of amides is 1. The molecule has 1 heterocycles. The molecule has 1 aliphatic rings. The van der Waals surface area contributed by atoms with Gasteiger partial charge in [0.05, 0.1) is 11.9 Å². The first kappa shape index (κ1) is 16.5. The van der Waals surface area contributed by atoms with E-state index in [1.807, 2.05) is 0 Å². The van der Waals surface area contributed by atoms with Gasteiger partial charge in [0.2, 0.25) is 5.91 Å². The van der Waals surface area contributed by atoms with Crippen molar-refractivity contribution in [3.63, 3.8) is 0 Å². The van der Waals surface area contributed by atoms with Crippen molar-refractivity contribution in [1.29, 1.82) is 0 Å². The van der Waals surface area contributed by atoms with E-state index in [1.165, 1.54) is 17.3 Å². The van der Waals surface area contributed by atoms with E-state index in [2.05, 4.69) is 17.3 Å². The van der Waals surface area contributed by atoms with Gasteiger partial charge < -0.3 is 10.4 Å². The first-order valence-corrected chi connectivity index (χ1v) is 7.92. The zero-order valence-electron chi connectivity index (χ0n) is 13.6. The molecular weight excluding hydrogens is 282 g/mol. The average molecular weight is 307 g/mol. The highest BCUT2D eigenvalue weighted by molar-refractivity contribution is 5.95. The Morgan fingerprint density at radius 3 is 2.55 bits per heavy atom. The van der Waals surface area contributed by atoms with Crippen LogP contribution in [0.4, 0.5) is 5.69 Å². The number of aromatic nitrogens is 2. The Labute approximate surface area is 130 Å². The van der Waals surface area contributed by atoms with E-state index in [0.29, 0.717) is 5.69 Å². The second-order valence-corrected chi connectivity index (χ2v) is 6.69. The number of hydrogen-bond acceptors (Lipinski definition) is 3. The Hall–Kier alpha value is -1.85. The smallest absolute Gasteiger partial charge is 0.331 e. The van der Waals surface area contributed by atoms with Crippen LogP contribution in [0.3, 0.4) is 0 Å². The summed E-state index contributed by atoms with van der Waals surface area (Å²) >= 11 is 0. The molecule has 6 heteroatoms. The summed E-state index contributed by atoms with van der Waals surface area (Å²) in [6, 6.07) is 0. The number of carbonyl (C=O) groups is 2. The van der Waals surface area contributed by atoms with E-state index in [9.17, 15) is 14.7 Å². The van der Waals surface area contributed by atoms with Gasteiger partial charge in [-0.15, -0.1) is 0 Å². The topological polar surface area (TPSA) is 84.2 Å². The van der Waals surface area contributed by atoms with Crippen LogP contribution >= 0.6 is 0 Å². The Kier molecular flexibility index (Phi) is 4.58. The molecule has 6 nitrogen and oxygen atoms in total. The summed E-state index contributed by atoms with van der Waals surface area (Å²) in [6.07, 6.45) is 9.13. The highest BCUT2D eigenvalue weighted by Gasteiger charge is 2.38. The third kappa shape index (κ3) is 3.00. The minimum atomic E-state index is -1.14. The maximum Gasteiger partial charge on any atom is 0.331 e. The fourth-order valence-corrected chi connectivity index (χ4v) is 3.02. The van der Waals surface area contributed by atoms with Crippen LogP contribution in [0.2, 0.25) is 0 Å². The number of nitrogens with zero attached hydrogens (tertiary/aromatic N) is 2. The second kappa shape index (κ2) is 6.10. The number of carbonyl (C=O) groups excluding carboxylic acids is 1. The molecule has 1 amide bonds. The van der Waals surface area contributed by atoms with Gasteiger partial charge in [-0.05, 0) is 33.1 Å². The minimum Gasteiger partial charge on any atom is -0.479 e. The van der Waals surface area contributed by atoms with Gasteiger partial charge in [0.25, 0.3) is 0 Å². The first-order chi connectivity index (χ1) is 10.3. The van der Waals surface area contributed by atoms with Gasteiger partial charge in [-0.1, -0.05) is 26.2 Å². The summed E-state index contributed by atoms with van der Waals surface area (Å²) in [5.41, 5.74) is -0.878. The van der Waals surface area contributed by atoms with Crippen molar-refractivity contribution < 1.29 is 14.7 Å². The van der Waals surface area contributed by atoms with Crippen molar-refractivity contribution >= 4 is 17.6 Å². The van der Waals surface area contributed by atoms with Crippen LogP contribution < -0.4 is 5.32 Å². The van der Waals surface area contributed by atoms with Crippen LogP contribution in [-0.2, 0) is 15.1 Å². The lowest BCUT2D eigenvalue weighted by Crippen LogP contribution is -2.37. The van der Waals surface area contributed by atoms with Gasteiger partial charge in [-0.3, -0.25) is 9.48 Å². The van der Waals surface area contributed by atoms with Crippen LogP contribution in [0.1, 0.15) is 59.3 Å². The van der Waals surface area contributed by atoms with Crippen LogP contribution in [0, 0.1) is 5.41 Å². The van der Waals surface area contributed by atoms with Gasteiger partial charge in [0, 0.05) is 11.6 Å². The van der Waals surface area contributed by atoms with Crippen molar-refractivity contribution in [1.82, 2.24) is 9.78 Å². The Balaban J connectivity index is 2.12. The van der Waals surface area contributed by atoms with Gasteiger partial charge >= 0.3 is 5.97 Å². The van der Waals surface area contributed by atoms with Crippen LogP contribution in [-0.4, -0.2) is 26.8 Å². The number of aliphatic carboxylic acids is 1. The highest BCUT2D eigenvalue weighted by Crippen LogP contribution is 2.40. The summed E-state index contributed by atoms with van der Waals surface area (Å²) in [4.78, 5) is 23.9. The Morgan fingerprint density at radius 2 is 2.00 bits per heavy atom. The number of anilines is 1. The lowest BCUT2D eigenvalue weighted by Gasteiger charge is -2.34. The predicted octanol–water partition coefficient (Wildman–Crippen LogP) is 3.00. The molecule has 1 fully saturated rings. The molecule has 22 heavy (non-hydrogen) atoms. The number of hydrogen-bond donors (Lipinski definition) is 2. The molecule has 122 valence electrons. The summed E-state index contributed by atoms with van der Waals surface area (Å²) in [6.45, 7) is 5.20. The summed E-state index contributed by atoms with van der Waals surface area (Å²) in [7, 11) is 0. The molecule has 0 bridgehead atoms. The molecule has 0 saturated heterocycles. The molecule has 2 N–H and O–H groups in total. The summed E-state index contributed by atoms with van der Waals surface area (Å²) in [5, 5.41) is 16.2. The van der Waals surface area contributed by atoms with Crippen molar-refractivity contribution in [2.45, 2.75) is 64.8 Å². The van der Waals surface area contributed by atoms with E-state index in [-0.39, 0.29) is 11.3 Å². The summed E-state index contributed by atoms with van der Waals surface area (Å²) in [5.74, 6) is -0.937. The van der Waals surface area contributed by atoms with Gasteiger partial charge in [0.15, 0.2) is 5.54 Å². The fourth-order valence-electron chi connectivity index (χ4n) is 3.02. The fraction of sp³-hybridized carbons (Fsp3) is 0.688. The van der Waals surface area contributed by atoms with Crippen LogP contribution in [0.5, 0.6) is 0 Å². The number of nitrogens with one attached hydrogen (secondary N) is 1. The van der Waals surface area contributed by atoms with Crippen molar-refractivity contribution in [3.05, 3.63) is 12.4 Å². The van der Waals surface area contributed by atoms with Crippen LogP contribution in [0.15, 0.2) is 12.4 Å². The second-order valence-electron chi connectivity index (χ2n) is 6.69. The Morgan fingerprint density at radius 1 is 1.36 bits per heavy atom. The largest absolute Gasteiger partial charge is 0.479 e. The SMILES string of the molecule is CCC1(C(=O)Nc2cnn(C(C)(C)C(=O)O)c2)CCCCC1. The molecule has 0 aliphatic heterocycles. The van der Waals surface area contributed by atoms with Crippen LogP contribution in [0.25, 0.3) is 0 Å². The molecule has 1 saturated carbocycles. The summed E-state index contributed by atoms with van der Waals surface area (Å²) < 4.78 is 1.37. The van der Waals surface area contributed by atoms with E-state index in [4.69, 9.17) is 0 Å².